The van der Waals surface area contributed by atoms with Crippen molar-refractivity contribution in [1.82, 2.24) is 10.7 Å². The zero-order valence-corrected chi connectivity index (χ0v) is 20.4. The van der Waals surface area contributed by atoms with E-state index >= 15 is 0 Å². The van der Waals surface area contributed by atoms with Crippen LogP contribution >= 0.6 is 31.9 Å². The van der Waals surface area contributed by atoms with Gasteiger partial charge in [-0.25, -0.2) is 5.43 Å². The second-order valence-corrected chi connectivity index (χ2v) is 8.53. The first-order valence-electron chi connectivity index (χ1n) is 9.73. The molecule has 0 fully saturated rings. The van der Waals surface area contributed by atoms with Crippen LogP contribution in [0.25, 0.3) is 0 Å². The summed E-state index contributed by atoms with van der Waals surface area (Å²) in [5, 5.41) is 6.98. The molecular weight excluding hydrogens is 538 g/mol. The van der Waals surface area contributed by atoms with E-state index in [1.54, 1.807) is 31.4 Å². The summed E-state index contributed by atoms with van der Waals surface area (Å²) < 4.78 is 6.80. The lowest BCUT2D eigenvalue weighted by Gasteiger charge is -2.18. The molecular formula is C24H21Br2N3O3. The smallest absolute Gasteiger partial charge is 0.251 e. The van der Waals surface area contributed by atoms with Gasteiger partial charge in [0.25, 0.3) is 5.91 Å². The zero-order chi connectivity index (χ0) is 22.9. The van der Waals surface area contributed by atoms with E-state index in [1.165, 1.54) is 6.21 Å². The van der Waals surface area contributed by atoms with Gasteiger partial charge in [-0.2, -0.15) is 5.10 Å². The Balaban J connectivity index is 1.67. The quantitative estimate of drug-likeness (QED) is 0.293. The van der Waals surface area contributed by atoms with Crippen molar-refractivity contribution in [3.8, 4) is 5.75 Å². The molecule has 0 saturated carbocycles. The molecule has 3 aromatic carbocycles. The molecule has 2 amide bonds. The van der Waals surface area contributed by atoms with Crippen molar-refractivity contribution in [2.75, 3.05) is 7.11 Å². The van der Waals surface area contributed by atoms with Crippen LogP contribution in [0.4, 0.5) is 0 Å². The van der Waals surface area contributed by atoms with Crippen LogP contribution in [0.5, 0.6) is 5.75 Å². The molecule has 0 radical (unpaired) electrons. The zero-order valence-electron chi connectivity index (χ0n) is 17.2. The van der Waals surface area contributed by atoms with E-state index in [0.29, 0.717) is 11.3 Å². The number of methoxy groups -OCH3 is 1. The summed E-state index contributed by atoms with van der Waals surface area (Å²) in [5.41, 5.74) is 4.66. The highest BCUT2D eigenvalue weighted by atomic mass is 79.9. The summed E-state index contributed by atoms with van der Waals surface area (Å²) in [5.74, 6) is 0.102. The fourth-order valence-electron chi connectivity index (χ4n) is 3.03. The van der Waals surface area contributed by atoms with Gasteiger partial charge in [-0.3, -0.25) is 9.59 Å². The fourth-order valence-corrected chi connectivity index (χ4v) is 4.57. The summed E-state index contributed by atoms with van der Waals surface area (Å²) in [4.78, 5) is 25.2. The number of nitrogens with one attached hydrogen (secondary N) is 2. The van der Waals surface area contributed by atoms with Crippen molar-refractivity contribution < 1.29 is 14.3 Å². The van der Waals surface area contributed by atoms with E-state index in [0.717, 1.165) is 20.1 Å². The Kier molecular flexibility index (Phi) is 8.58. The molecule has 0 aliphatic rings. The van der Waals surface area contributed by atoms with Crippen molar-refractivity contribution >= 4 is 49.9 Å². The number of halogens is 2. The average Bonchev–Trinajstić information content (AvgIpc) is 2.79. The maximum Gasteiger partial charge on any atom is 0.251 e. The lowest BCUT2D eigenvalue weighted by Crippen LogP contribution is -2.32. The molecule has 0 aliphatic carbocycles. The number of ether oxygens (including phenoxy) is 1. The Bertz CT molecular complexity index is 1080. The Morgan fingerprint density at radius 2 is 1.59 bits per heavy atom. The van der Waals surface area contributed by atoms with E-state index in [-0.39, 0.29) is 18.2 Å². The number of hydrogen-bond donors (Lipinski definition) is 2. The van der Waals surface area contributed by atoms with E-state index in [1.807, 2.05) is 48.5 Å². The summed E-state index contributed by atoms with van der Waals surface area (Å²) in [6, 6.07) is 21.4. The molecule has 32 heavy (non-hydrogen) atoms. The predicted molar refractivity (Wildman–Crippen MR) is 132 cm³/mol. The first-order chi connectivity index (χ1) is 15.5. The molecule has 3 aromatic rings. The predicted octanol–water partition coefficient (Wildman–Crippen LogP) is 5.23. The second-order valence-electron chi connectivity index (χ2n) is 6.82. The summed E-state index contributed by atoms with van der Waals surface area (Å²) in [6.45, 7) is 0. The van der Waals surface area contributed by atoms with Crippen molar-refractivity contribution in [1.29, 1.82) is 0 Å². The van der Waals surface area contributed by atoms with Crippen LogP contribution in [-0.4, -0.2) is 25.1 Å². The highest BCUT2D eigenvalue weighted by Crippen LogP contribution is 2.33. The maximum atomic E-state index is 12.6. The molecule has 0 unspecified atom stereocenters. The minimum absolute atomic E-state index is 0.0376. The summed E-state index contributed by atoms with van der Waals surface area (Å²) in [7, 11) is 1.58. The third kappa shape index (κ3) is 6.51. The number of carbonyl (C=O) groups excluding carboxylic acids is 2. The molecule has 2 N–H and O–H groups in total. The molecule has 0 aromatic heterocycles. The number of nitrogens with zero attached hydrogens (tertiary/aromatic N) is 1. The maximum absolute atomic E-state index is 12.6. The van der Waals surface area contributed by atoms with Crippen molar-refractivity contribution in [2.45, 2.75) is 12.5 Å². The first-order valence-corrected chi connectivity index (χ1v) is 11.3. The van der Waals surface area contributed by atoms with Gasteiger partial charge in [0.05, 0.1) is 34.7 Å². The van der Waals surface area contributed by atoms with E-state index in [9.17, 15) is 9.59 Å². The molecule has 0 bridgehead atoms. The Labute approximate surface area is 203 Å². The lowest BCUT2D eigenvalue weighted by molar-refractivity contribution is -0.121. The minimum atomic E-state index is -0.497. The van der Waals surface area contributed by atoms with Crippen molar-refractivity contribution in [3.05, 3.63) is 98.4 Å². The van der Waals surface area contributed by atoms with Gasteiger partial charge in [-0.15, -0.1) is 0 Å². The molecule has 0 aliphatic heterocycles. The van der Waals surface area contributed by atoms with Gasteiger partial charge in [0.2, 0.25) is 5.91 Å². The topological polar surface area (TPSA) is 79.8 Å². The number of carbonyl (C=O) groups is 2. The third-order valence-corrected chi connectivity index (χ3v) is 5.74. The monoisotopic (exact) mass is 557 g/mol. The van der Waals surface area contributed by atoms with Crippen LogP contribution in [0.3, 0.4) is 0 Å². The molecule has 0 spiro atoms. The van der Waals surface area contributed by atoms with Gasteiger partial charge in [0.15, 0.2) is 0 Å². The molecule has 6 nitrogen and oxygen atoms in total. The Hall–Kier alpha value is -2.97. The van der Waals surface area contributed by atoms with E-state index in [4.69, 9.17) is 4.74 Å². The summed E-state index contributed by atoms with van der Waals surface area (Å²) in [6.07, 6.45) is 1.57. The minimum Gasteiger partial charge on any atom is -0.494 e. The lowest BCUT2D eigenvalue weighted by atomic mass is 10.0. The molecule has 164 valence electrons. The van der Waals surface area contributed by atoms with Gasteiger partial charge >= 0.3 is 0 Å². The van der Waals surface area contributed by atoms with Crippen molar-refractivity contribution in [2.24, 2.45) is 5.10 Å². The third-order valence-electron chi connectivity index (χ3n) is 4.56. The number of rotatable bonds is 8. The van der Waals surface area contributed by atoms with Crippen LogP contribution in [-0.2, 0) is 4.79 Å². The van der Waals surface area contributed by atoms with E-state index < -0.39 is 6.04 Å². The van der Waals surface area contributed by atoms with Crippen LogP contribution < -0.4 is 15.5 Å². The van der Waals surface area contributed by atoms with Crippen molar-refractivity contribution in [3.63, 3.8) is 0 Å². The van der Waals surface area contributed by atoms with Crippen LogP contribution in [0.1, 0.15) is 33.9 Å². The number of amides is 2. The average molecular weight is 559 g/mol. The highest BCUT2D eigenvalue weighted by Gasteiger charge is 2.19. The van der Waals surface area contributed by atoms with Gasteiger partial charge in [0.1, 0.15) is 5.75 Å². The first kappa shape index (κ1) is 23.7. The highest BCUT2D eigenvalue weighted by molar-refractivity contribution is 9.11. The summed E-state index contributed by atoms with van der Waals surface area (Å²) >= 11 is 6.87. The molecule has 1 atom stereocenters. The normalized spacial score (nSPS) is 11.7. The fraction of sp³-hybridized carbons (Fsp3) is 0.125. The Morgan fingerprint density at radius 1 is 1.00 bits per heavy atom. The number of benzene rings is 3. The van der Waals surface area contributed by atoms with Crippen LogP contribution in [0.15, 0.2) is 86.8 Å². The number of hydrogen-bond acceptors (Lipinski definition) is 4. The van der Waals surface area contributed by atoms with Gasteiger partial charge in [-0.1, -0.05) is 48.5 Å². The van der Waals surface area contributed by atoms with E-state index in [2.05, 4.69) is 47.7 Å². The van der Waals surface area contributed by atoms with Crippen LogP contribution in [0.2, 0.25) is 0 Å². The molecule has 3 rings (SSSR count). The Morgan fingerprint density at radius 3 is 2.19 bits per heavy atom. The van der Waals surface area contributed by atoms with Gasteiger partial charge in [0, 0.05) is 5.56 Å². The molecule has 0 heterocycles. The molecule has 0 saturated heterocycles. The number of hydrazone groups is 1. The van der Waals surface area contributed by atoms with Crippen LogP contribution in [0, 0.1) is 0 Å². The molecule has 8 heteroatoms. The van der Waals surface area contributed by atoms with Gasteiger partial charge in [-0.05, 0) is 67.3 Å². The second kappa shape index (κ2) is 11.6. The SMILES string of the molecule is COc1c(Br)cc(/C=N\NC(=O)C[C@@H](NC(=O)c2ccccc2)c2ccccc2)cc1Br. The largest absolute Gasteiger partial charge is 0.494 e. The van der Waals surface area contributed by atoms with Gasteiger partial charge < -0.3 is 10.1 Å². The standard InChI is InChI=1S/C24H21Br2N3O3/c1-32-23-19(25)12-16(13-20(23)26)15-27-29-22(30)14-21(17-8-4-2-5-9-17)28-24(31)18-10-6-3-7-11-18/h2-13,15,21H,14H2,1H3,(H,28,31)(H,29,30)/b27-15-/t21-/m1/s1.